The summed E-state index contributed by atoms with van der Waals surface area (Å²) in [5, 5.41) is 3.33. The molecule has 0 radical (unpaired) electrons. The van der Waals surface area contributed by atoms with Crippen molar-refractivity contribution in [2.75, 3.05) is 13.1 Å². The number of hydrogen-bond donors (Lipinski definition) is 1. The number of nitrogens with zero attached hydrogens (tertiary/aromatic N) is 1. The molecular formula is C11H23ClN2O2. The van der Waals surface area contributed by atoms with Gasteiger partial charge in [-0.2, -0.15) is 0 Å². The number of piperazine rings is 1. The first-order valence-electron chi connectivity index (χ1n) is 5.52. The molecule has 1 amide bonds. The van der Waals surface area contributed by atoms with Crippen LogP contribution in [0.2, 0.25) is 0 Å². The lowest BCUT2D eigenvalue weighted by Gasteiger charge is -2.38. The number of halogens is 1. The Hall–Kier alpha value is -0.480. The van der Waals surface area contributed by atoms with Crippen molar-refractivity contribution in [3.05, 3.63) is 0 Å². The maximum Gasteiger partial charge on any atom is 0.410 e. The number of ether oxygens (including phenoxy) is 1. The van der Waals surface area contributed by atoms with Crippen LogP contribution >= 0.6 is 12.4 Å². The van der Waals surface area contributed by atoms with Gasteiger partial charge < -0.3 is 15.0 Å². The molecule has 1 saturated heterocycles. The summed E-state index contributed by atoms with van der Waals surface area (Å²) >= 11 is 0. The molecule has 0 unspecified atom stereocenters. The van der Waals surface area contributed by atoms with E-state index in [1.165, 1.54) is 0 Å². The molecule has 1 fully saturated rings. The number of amides is 1. The highest BCUT2D eigenvalue weighted by atomic mass is 35.5. The van der Waals surface area contributed by atoms with Gasteiger partial charge in [0.1, 0.15) is 5.60 Å². The summed E-state index contributed by atoms with van der Waals surface area (Å²) in [7, 11) is 0. The van der Waals surface area contributed by atoms with Crippen molar-refractivity contribution >= 4 is 18.5 Å². The van der Waals surface area contributed by atoms with E-state index in [1.54, 1.807) is 4.90 Å². The van der Waals surface area contributed by atoms with E-state index in [9.17, 15) is 4.79 Å². The highest BCUT2D eigenvalue weighted by Gasteiger charge is 2.29. The molecule has 0 saturated carbocycles. The molecule has 0 aromatic rings. The minimum atomic E-state index is -0.412. The van der Waals surface area contributed by atoms with Gasteiger partial charge in [-0.1, -0.05) is 0 Å². The van der Waals surface area contributed by atoms with Gasteiger partial charge in [0.05, 0.1) is 0 Å². The second-order valence-electron chi connectivity index (χ2n) is 5.29. The van der Waals surface area contributed by atoms with Gasteiger partial charge in [-0.05, 0) is 34.6 Å². The van der Waals surface area contributed by atoms with Gasteiger partial charge in [-0.25, -0.2) is 4.79 Å². The predicted octanol–water partition coefficient (Wildman–Crippen LogP) is 2.03. The Bertz CT molecular complexity index is 241. The van der Waals surface area contributed by atoms with Gasteiger partial charge in [0.25, 0.3) is 0 Å². The molecule has 16 heavy (non-hydrogen) atoms. The van der Waals surface area contributed by atoms with Gasteiger partial charge in [0, 0.05) is 25.2 Å². The molecule has 1 aliphatic rings. The van der Waals surface area contributed by atoms with Gasteiger partial charge in [0.2, 0.25) is 0 Å². The number of nitrogens with one attached hydrogen (secondary N) is 1. The van der Waals surface area contributed by atoms with Crippen LogP contribution in [-0.4, -0.2) is 41.8 Å². The monoisotopic (exact) mass is 250 g/mol. The molecule has 2 atom stereocenters. The number of carbonyl (C=O) groups is 1. The Labute approximate surface area is 104 Å². The molecule has 96 valence electrons. The SMILES string of the molecule is C[C@@H]1CN(C(=O)OC(C)(C)C)[C@H](C)CN1.Cl. The second kappa shape index (κ2) is 5.73. The van der Waals surface area contributed by atoms with E-state index in [0.717, 1.165) is 13.1 Å². The fourth-order valence-corrected chi connectivity index (χ4v) is 1.60. The lowest BCUT2D eigenvalue weighted by atomic mass is 10.1. The van der Waals surface area contributed by atoms with Crippen LogP contribution < -0.4 is 5.32 Å². The van der Waals surface area contributed by atoms with Crippen molar-refractivity contribution in [2.45, 2.75) is 52.3 Å². The molecule has 5 heteroatoms. The molecule has 1 N–H and O–H groups in total. The van der Waals surface area contributed by atoms with E-state index in [4.69, 9.17) is 4.74 Å². The van der Waals surface area contributed by atoms with Gasteiger partial charge in [-0.15, -0.1) is 12.4 Å². The fourth-order valence-electron chi connectivity index (χ4n) is 1.60. The van der Waals surface area contributed by atoms with Crippen molar-refractivity contribution in [2.24, 2.45) is 0 Å². The van der Waals surface area contributed by atoms with Crippen molar-refractivity contribution in [3.8, 4) is 0 Å². The highest BCUT2D eigenvalue weighted by Crippen LogP contribution is 2.14. The molecule has 1 aliphatic heterocycles. The average molecular weight is 251 g/mol. The fraction of sp³-hybridized carbons (Fsp3) is 0.909. The molecule has 1 heterocycles. The van der Waals surface area contributed by atoms with Crippen LogP contribution in [0.25, 0.3) is 0 Å². The minimum Gasteiger partial charge on any atom is -0.444 e. The number of rotatable bonds is 0. The van der Waals surface area contributed by atoms with E-state index in [2.05, 4.69) is 12.2 Å². The Morgan fingerprint density at radius 3 is 2.44 bits per heavy atom. The average Bonchev–Trinajstić information content (AvgIpc) is 2.06. The zero-order valence-electron chi connectivity index (χ0n) is 10.7. The van der Waals surface area contributed by atoms with Gasteiger partial charge >= 0.3 is 6.09 Å². The largest absolute Gasteiger partial charge is 0.444 e. The molecule has 0 aliphatic carbocycles. The van der Waals surface area contributed by atoms with Crippen LogP contribution in [0.3, 0.4) is 0 Å². The normalized spacial score (nSPS) is 25.9. The zero-order chi connectivity index (χ0) is 11.6. The molecule has 4 nitrogen and oxygen atoms in total. The first-order chi connectivity index (χ1) is 6.79. The summed E-state index contributed by atoms with van der Waals surface area (Å²) in [6, 6.07) is 0.546. The topological polar surface area (TPSA) is 41.6 Å². The van der Waals surface area contributed by atoms with Gasteiger partial charge in [0.15, 0.2) is 0 Å². The van der Waals surface area contributed by atoms with E-state index in [0.29, 0.717) is 6.04 Å². The molecule has 1 rings (SSSR count). The lowest BCUT2D eigenvalue weighted by molar-refractivity contribution is 0.0104. The molecule has 0 aromatic carbocycles. The van der Waals surface area contributed by atoms with E-state index in [-0.39, 0.29) is 24.5 Å². The zero-order valence-corrected chi connectivity index (χ0v) is 11.6. The standard InChI is InChI=1S/C11H22N2O2.ClH/c1-8-7-13(9(2)6-12-8)10(14)15-11(3,4)5;/h8-9,12H,6-7H2,1-5H3;1H/t8-,9-;/m1./s1. The first kappa shape index (κ1) is 15.5. The summed E-state index contributed by atoms with van der Waals surface area (Å²) in [6.45, 7) is 11.3. The summed E-state index contributed by atoms with van der Waals surface area (Å²) in [5.74, 6) is 0. The Balaban J connectivity index is 0.00000225. The summed E-state index contributed by atoms with van der Waals surface area (Å²) < 4.78 is 5.36. The van der Waals surface area contributed by atoms with Crippen molar-refractivity contribution in [3.63, 3.8) is 0 Å². The van der Waals surface area contributed by atoms with Crippen molar-refractivity contribution in [1.82, 2.24) is 10.2 Å². The van der Waals surface area contributed by atoms with Gasteiger partial charge in [-0.3, -0.25) is 0 Å². The number of hydrogen-bond acceptors (Lipinski definition) is 3. The van der Waals surface area contributed by atoms with Crippen LogP contribution in [0.4, 0.5) is 4.79 Å². The van der Waals surface area contributed by atoms with Crippen molar-refractivity contribution in [1.29, 1.82) is 0 Å². The molecule has 0 aromatic heterocycles. The minimum absolute atomic E-state index is 0. The van der Waals surface area contributed by atoms with E-state index >= 15 is 0 Å². The van der Waals surface area contributed by atoms with Crippen LogP contribution in [0.1, 0.15) is 34.6 Å². The summed E-state index contributed by atoms with van der Waals surface area (Å²) in [4.78, 5) is 13.6. The quantitative estimate of drug-likeness (QED) is 0.715. The third kappa shape index (κ3) is 4.58. The highest BCUT2D eigenvalue weighted by molar-refractivity contribution is 5.85. The smallest absolute Gasteiger partial charge is 0.410 e. The lowest BCUT2D eigenvalue weighted by Crippen LogP contribution is -2.57. The van der Waals surface area contributed by atoms with Crippen molar-refractivity contribution < 1.29 is 9.53 Å². The maximum absolute atomic E-state index is 11.8. The molecule has 0 spiro atoms. The Morgan fingerprint density at radius 1 is 1.38 bits per heavy atom. The summed E-state index contributed by atoms with van der Waals surface area (Å²) in [6.07, 6.45) is -0.205. The molecule has 0 bridgehead atoms. The third-order valence-corrected chi connectivity index (χ3v) is 2.39. The summed E-state index contributed by atoms with van der Waals surface area (Å²) in [5.41, 5.74) is -0.412. The number of carbonyl (C=O) groups excluding carboxylic acids is 1. The van der Waals surface area contributed by atoms with Crippen LogP contribution in [0, 0.1) is 0 Å². The van der Waals surface area contributed by atoms with Crippen LogP contribution in [0.15, 0.2) is 0 Å². The molecular weight excluding hydrogens is 228 g/mol. The Morgan fingerprint density at radius 2 is 1.94 bits per heavy atom. The second-order valence-corrected chi connectivity index (χ2v) is 5.29. The predicted molar refractivity (Wildman–Crippen MR) is 67.1 cm³/mol. The van der Waals surface area contributed by atoms with E-state index in [1.807, 2.05) is 27.7 Å². The van der Waals surface area contributed by atoms with E-state index < -0.39 is 5.60 Å². The van der Waals surface area contributed by atoms with Crippen LogP contribution in [0.5, 0.6) is 0 Å². The Kier molecular flexibility index (Phi) is 5.56. The third-order valence-electron chi connectivity index (χ3n) is 2.39. The van der Waals surface area contributed by atoms with Crippen LogP contribution in [-0.2, 0) is 4.74 Å². The maximum atomic E-state index is 11.8. The first-order valence-corrected chi connectivity index (χ1v) is 5.52.